The van der Waals surface area contributed by atoms with Gasteiger partial charge in [-0.15, -0.1) is 0 Å². The molecule has 31 heavy (non-hydrogen) atoms. The number of morpholine rings is 1. The Morgan fingerprint density at radius 2 is 1.94 bits per heavy atom. The standard InChI is InChI=1S/C20H21F3N6O2/c1-12(13-4-3-5-14(10-13)20(21,22)23)26-16-15-17(25-11-24-16)28(2)19(30)18(27-15)29-6-8-31-9-7-29/h3-5,10-12H,6-9H2,1-2H3,(H,24,25,26)/t12-/m1/s1. The van der Waals surface area contributed by atoms with E-state index in [1.54, 1.807) is 20.0 Å². The second-order valence-corrected chi connectivity index (χ2v) is 7.28. The summed E-state index contributed by atoms with van der Waals surface area (Å²) >= 11 is 0. The van der Waals surface area contributed by atoms with Gasteiger partial charge in [0.25, 0.3) is 5.56 Å². The summed E-state index contributed by atoms with van der Waals surface area (Å²) in [4.78, 5) is 27.6. The molecule has 11 heteroatoms. The summed E-state index contributed by atoms with van der Waals surface area (Å²) in [7, 11) is 1.60. The van der Waals surface area contributed by atoms with E-state index >= 15 is 0 Å². The number of nitrogens with zero attached hydrogens (tertiary/aromatic N) is 5. The third kappa shape index (κ3) is 4.18. The summed E-state index contributed by atoms with van der Waals surface area (Å²) < 4.78 is 46.0. The monoisotopic (exact) mass is 434 g/mol. The van der Waals surface area contributed by atoms with Gasteiger partial charge in [-0.05, 0) is 24.6 Å². The highest BCUT2D eigenvalue weighted by Gasteiger charge is 2.30. The number of fused-ring (bicyclic) bond motifs is 1. The van der Waals surface area contributed by atoms with Crippen LogP contribution in [0.5, 0.6) is 0 Å². The number of benzene rings is 1. The Bertz CT molecular complexity index is 1160. The number of ether oxygens (including phenoxy) is 1. The van der Waals surface area contributed by atoms with Gasteiger partial charge >= 0.3 is 6.18 Å². The molecule has 1 aromatic carbocycles. The fraction of sp³-hybridized carbons (Fsp3) is 0.400. The fourth-order valence-corrected chi connectivity index (χ4v) is 3.48. The van der Waals surface area contributed by atoms with E-state index in [4.69, 9.17) is 4.74 Å². The summed E-state index contributed by atoms with van der Waals surface area (Å²) in [6, 6.07) is 4.61. The summed E-state index contributed by atoms with van der Waals surface area (Å²) in [5.41, 5.74) is 0.131. The van der Waals surface area contributed by atoms with Crippen molar-refractivity contribution in [1.29, 1.82) is 0 Å². The maximum Gasteiger partial charge on any atom is 0.416 e. The van der Waals surface area contributed by atoms with Gasteiger partial charge < -0.3 is 15.0 Å². The van der Waals surface area contributed by atoms with E-state index < -0.39 is 17.8 Å². The van der Waals surface area contributed by atoms with Gasteiger partial charge in [0, 0.05) is 20.1 Å². The Labute approximate surface area is 175 Å². The topological polar surface area (TPSA) is 85.2 Å². The van der Waals surface area contributed by atoms with Gasteiger partial charge in [0.1, 0.15) is 6.33 Å². The third-order valence-corrected chi connectivity index (χ3v) is 5.21. The molecular weight excluding hydrogens is 413 g/mol. The van der Waals surface area contributed by atoms with Crippen molar-refractivity contribution in [1.82, 2.24) is 19.5 Å². The lowest BCUT2D eigenvalue weighted by atomic mass is 10.0. The molecule has 1 atom stereocenters. The SMILES string of the molecule is C[C@@H](Nc1ncnc2c1nc(N1CCOCC1)c(=O)n2C)c1cccc(C(F)(F)F)c1. The maximum absolute atomic E-state index is 13.1. The Balaban J connectivity index is 1.72. The highest BCUT2D eigenvalue weighted by Crippen LogP contribution is 2.31. The van der Waals surface area contributed by atoms with Crippen LogP contribution >= 0.6 is 0 Å². The zero-order chi connectivity index (χ0) is 22.2. The fourth-order valence-electron chi connectivity index (χ4n) is 3.48. The van der Waals surface area contributed by atoms with Crippen molar-refractivity contribution in [2.75, 3.05) is 36.5 Å². The first-order valence-corrected chi connectivity index (χ1v) is 9.74. The lowest BCUT2D eigenvalue weighted by Gasteiger charge is -2.27. The Morgan fingerprint density at radius 3 is 2.65 bits per heavy atom. The number of rotatable bonds is 4. The first kappa shape index (κ1) is 21.0. The average molecular weight is 434 g/mol. The van der Waals surface area contributed by atoms with Crippen LogP contribution in [-0.2, 0) is 18.0 Å². The lowest BCUT2D eigenvalue weighted by Crippen LogP contribution is -2.41. The predicted octanol–water partition coefficient (Wildman–Crippen LogP) is 2.75. The molecule has 2 aromatic heterocycles. The smallest absolute Gasteiger partial charge is 0.378 e. The number of anilines is 2. The third-order valence-electron chi connectivity index (χ3n) is 5.21. The molecule has 1 aliphatic rings. The highest BCUT2D eigenvalue weighted by molar-refractivity contribution is 5.83. The van der Waals surface area contributed by atoms with E-state index in [2.05, 4.69) is 20.3 Å². The molecule has 0 radical (unpaired) electrons. The number of halogens is 3. The zero-order valence-electron chi connectivity index (χ0n) is 17.0. The molecule has 1 fully saturated rings. The number of aromatic nitrogens is 4. The molecule has 1 saturated heterocycles. The molecule has 0 bridgehead atoms. The van der Waals surface area contributed by atoms with Crippen LogP contribution in [0.3, 0.4) is 0 Å². The van der Waals surface area contributed by atoms with Gasteiger partial charge in [-0.2, -0.15) is 13.2 Å². The lowest BCUT2D eigenvalue weighted by molar-refractivity contribution is -0.137. The number of hydrogen-bond acceptors (Lipinski definition) is 7. The van der Waals surface area contributed by atoms with Gasteiger partial charge in [-0.25, -0.2) is 15.0 Å². The molecule has 3 heterocycles. The summed E-state index contributed by atoms with van der Waals surface area (Å²) in [5.74, 6) is 0.600. The minimum absolute atomic E-state index is 0.267. The molecule has 1 N–H and O–H groups in total. The van der Waals surface area contributed by atoms with Gasteiger partial charge in [0.2, 0.25) is 0 Å². The zero-order valence-corrected chi connectivity index (χ0v) is 17.0. The van der Waals surface area contributed by atoms with Crippen LogP contribution in [0.1, 0.15) is 24.1 Å². The van der Waals surface area contributed by atoms with Crippen LogP contribution in [0.15, 0.2) is 35.4 Å². The molecule has 164 valence electrons. The molecule has 0 unspecified atom stereocenters. The van der Waals surface area contributed by atoms with Crippen molar-refractivity contribution in [3.8, 4) is 0 Å². The molecule has 0 aliphatic carbocycles. The molecule has 3 aromatic rings. The summed E-state index contributed by atoms with van der Waals surface area (Å²) in [6.45, 7) is 3.78. The van der Waals surface area contributed by atoms with Gasteiger partial charge in [-0.1, -0.05) is 12.1 Å². The van der Waals surface area contributed by atoms with Crippen molar-refractivity contribution in [3.63, 3.8) is 0 Å². The van der Waals surface area contributed by atoms with Crippen LogP contribution in [0.4, 0.5) is 24.8 Å². The van der Waals surface area contributed by atoms with Gasteiger partial charge in [0.05, 0.1) is 24.8 Å². The van der Waals surface area contributed by atoms with Crippen molar-refractivity contribution in [3.05, 3.63) is 52.1 Å². The molecule has 8 nitrogen and oxygen atoms in total. The minimum Gasteiger partial charge on any atom is -0.378 e. The summed E-state index contributed by atoms with van der Waals surface area (Å²) in [6.07, 6.45) is -3.14. The van der Waals surface area contributed by atoms with Crippen LogP contribution < -0.4 is 15.8 Å². The molecule has 0 saturated carbocycles. The van der Waals surface area contributed by atoms with Crippen molar-refractivity contribution < 1.29 is 17.9 Å². The molecule has 0 spiro atoms. The van der Waals surface area contributed by atoms with Crippen molar-refractivity contribution in [2.45, 2.75) is 19.1 Å². The second kappa shape index (κ2) is 8.14. The molecule has 0 amide bonds. The van der Waals surface area contributed by atoms with Crippen molar-refractivity contribution in [2.24, 2.45) is 7.05 Å². The van der Waals surface area contributed by atoms with Crippen molar-refractivity contribution >= 4 is 22.8 Å². The molecular formula is C20H21F3N6O2. The predicted molar refractivity (Wildman–Crippen MR) is 109 cm³/mol. The quantitative estimate of drug-likeness (QED) is 0.676. The van der Waals surface area contributed by atoms with Crippen LogP contribution in [0.25, 0.3) is 11.2 Å². The average Bonchev–Trinajstić information content (AvgIpc) is 2.76. The van der Waals surface area contributed by atoms with E-state index in [-0.39, 0.29) is 11.4 Å². The first-order valence-electron chi connectivity index (χ1n) is 9.74. The second-order valence-electron chi connectivity index (χ2n) is 7.28. The Morgan fingerprint density at radius 1 is 1.19 bits per heavy atom. The van der Waals surface area contributed by atoms with E-state index in [1.165, 1.54) is 17.0 Å². The first-order chi connectivity index (χ1) is 14.8. The van der Waals surface area contributed by atoms with Crippen LogP contribution in [0.2, 0.25) is 0 Å². The number of aryl methyl sites for hydroxylation is 1. The van der Waals surface area contributed by atoms with E-state index in [0.717, 1.165) is 12.1 Å². The highest BCUT2D eigenvalue weighted by atomic mass is 19.4. The van der Waals surface area contributed by atoms with Crippen LogP contribution in [-0.4, -0.2) is 45.8 Å². The Kier molecular flexibility index (Phi) is 5.52. The number of hydrogen-bond donors (Lipinski definition) is 1. The molecule has 1 aliphatic heterocycles. The maximum atomic E-state index is 13.1. The van der Waals surface area contributed by atoms with E-state index in [1.807, 2.05) is 4.90 Å². The van der Waals surface area contributed by atoms with E-state index in [9.17, 15) is 18.0 Å². The molecule has 4 rings (SSSR count). The minimum atomic E-state index is -4.43. The number of nitrogens with one attached hydrogen (secondary N) is 1. The normalized spacial score (nSPS) is 15.8. The van der Waals surface area contributed by atoms with Crippen LogP contribution in [0, 0.1) is 0 Å². The van der Waals surface area contributed by atoms with E-state index in [0.29, 0.717) is 48.8 Å². The largest absolute Gasteiger partial charge is 0.416 e. The van der Waals surface area contributed by atoms with Gasteiger partial charge in [-0.3, -0.25) is 9.36 Å². The number of alkyl halides is 3. The van der Waals surface area contributed by atoms with Gasteiger partial charge in [0.15, 0.2) is 22.8 Å². The summed E-state index contributed by atoms with van der Waals surface area (Å²) in [5, 5.41) is 3.12. The Hall–Kier alpha value is -3.21.